The maximum Gasteiger partial charge on any atom is 0.0659 e. The molecule has 0 spiro atoms. The lowest BCUT2D eigenvalue weighted by Crippen LogP contribution is -2.16. The van der Waals surface area contributed by atoms with Crippen LogP contribution in [0.5, 0.6) is 0 Å². The van der Waals surface area contributed by atoms with Gasteiger partial charge in [-0.2, -0.15) is 5.10 Å². The molecule has 2 rings (SSSR count). The van der Waals surface area contributed by atoms with Crippen LogP contribution in [0.4, 0.5) is 0 Å². The zero-order valence-corrected chi connectivity index (χ0v) is 11.4. The van der Waals surface area contributed by atoms with Crippen LogP contribution in [-0.4, -0.2) is 16.3 Å². The van der Waals surface area contributed by atoms with Crippen molar-refractivity contribution in [1.29, 1.82) is 0 Å². The molecule has 0 saturated heterocycles. The molecule has 17 heavy (non-hydrogen) atoms. The normalized spacial score (nSPS) is 19.7. The van der Waals surface area contributed by atoms with Crippen LogP contribution in [0.1, 0.15) is 68.9 Å². The molecule has 0 amide bonds. The van der Waals surface area contributed by atoms with Crippen molar-refractivity contribution < 1.29 is 0 Å². The number of aromatic nitrogens is 2. The minimum Gasteiger partial charge on any atom is -0.330 e. The van der Waals surface area contributed by atoms with Gasteiger partial charge < -0.3 is 5.73 Å². The van der Waals surface area contributed by atoms with Gasteiger partial charge in [0.1, 0.15) is 0 Å². The highest BCUT2D eigenvalue weighted by Crippen LogP contribution is 2.37. The van der Waals surface area contributed by atoms with Crippen molar-refractivity contribution in [2.45, 2.75) is 64.8 Å². The zero-order chi connectivity index (χ0) is 12.4. The van der Waals surface area contributed by atoms with Gasteiger partial charge in [-0.25, -0.2) is 0 Å². The molecule has 0 fully saturated rings. The Hall–Kier alpha value is -0.830. The molecule has 0 radical (unpaired) electrons. The Labute approximate surface area is 104 Å². The van der Waals surface area contributed by atoms with Crippen molar-refractivity contribution in [2.75, 3.05) is 6.54 Å². The summed E-state index contributed by atoms with van der Waals surface area (Å²) < 4.78 is 2.25. The summed E-state index contributed by atoms with van der Waals surface area (Å²) in [4.78, 5) is 0. The van der Waals surface area contributed by atoms with E-state index >= 15 is 0 Å². The van der Waals surface area contributed by atoms with E-state index in [0.29, 0.717) is 12.0 Å². The molecule has 1 heterocycles. The summed E-state index contributed by atoms with van der Waals surface area (Å²) in [5.74, 6) is 0.659. The smallest absolute Gasteiger partial charge is 0.0659 e. The van der Waals surface area contributed by atoms with Gasteiger partial charge in [-0.15, -0.1) is 0 Å². The third kappa shape index (κ3) is 2.25. The fourth-order valence-corrected chi connectivity index (χ4v) is 3.09. The first kappa shape index (κ1) is 12.6. The lowest BCUT2D eigenvalue weighted by Gasteiger charge is -2.24. The van der Waals surface area contributed by atoms with E-state index in [9.17, 15) is 0 Å². The average molecular weight is 235 g/mol. The van der Waals surface area contributed by atoms with Crippen LogP contribution in [0.25, 0.3) is 0 Å². The highest BCUT2D eigenvalue weighted by atomic mass is 15.3. The Morgan fingerprint density at radius 3 is 2.82 bits per heavy atom. The fraction of sp³-hybridized carbons (Fsp3) is 0.786. The van der Waals surface area contributed by atoms with Gasteiger partial charge in [-0.05, 0) is 64.0 Å². The summed E-state index contributed by atoms with van der Waals surface area (Å²) in [6.07, 6.45) is 5.94. The van der Waals surface area contributed by atoms with Crippen molar-refractivity contribution >= 4 is 0 Å². The maximum absolute atomic E-state index is 5.75. The van der Waals surface area contributed by atoms with Crippen LogP contribution >= 0.6 is 0 Å². The molecule has 0 bridgehead atoms. The van der Waals surface area contributed by atoms with Crippen LogP contribution in [0.2, 0.25) is 0 Å². The molecule has 3 nitrogen and oxygen atoms in total. The van der Waals surface area contributed by atoms with Gasteiger partial charge in [-0.3, -0.25) is 4.68 Å². The zero-order valence-electron chi connectivity index (χ0n) is 11.4. The number of hydrogen-bond donors (Lipinski definition) is 1. The second-order valence-corrected chi connectivity index (χ2v) is 5.37. The predicted molar refractivity (Wildman–Crippen MR) is 71.3 cm³/mol. The minimum absolute atomic E-state index is 0.473. The van der Waals surface area contributed by atoms with Gasteiger partial charge in [0, 0.05) is 11.7 Å². The van der Waals surface area contributed by atoms with E-state index in [1.807, 2.05) is 0 Å². The Bertz CT molecular complexity index is 379. The van der Waals surface area contributed by atoms with E-state index in [2.05, 4.69) is 25.5 Å². The maximum atomic E-state index is 5.75. The van der Waals surface area contributed by atoms with E-state index in [0.717, 1.165) is 19.4 Å². The number of rotatable bonds is 4. The van der Waals surface area contributed by atoms with Gasteiger partial charge in [0.15, 0.2) is 0 Å². The summed E-state index contributed by atoms with van der Waals surface area (Å²) in [7, 11) is 0. The lowest BCUT2D eigenvalue weighted by atomic mass is 9.82. The number of aryl methyl sites for hydroxylation is 1. The number of nitrogens with zero attached hydrogens (tertiary/aromatic N) is 2. The van der Waals surface area contributed by atoms with E-state index in [4.69, 9.17) is 10.8 Å². The molecule has 3 heteroatoms. The van der Waals surface area contributed by atoms with Crippen molar-refractivity contribution in [2.24, 2.45) is 5.73 Å². The van der Waals surface area contributed by atoms with Gasteiger partial charge in [-0.1, -0.05) is 6.92 Å². The second-order valence-electron chi connectivity index (χ2n) is 5.37. The molecule has 0 aromatic carbocycles. The summed E-state index contributed by atoms with van der Waals surface area (Å²) >= 11 is 0. The molecule has 1 aromatic rings. The van der Waals surface area contributed by atoms with Crippen molar-refractivity contribution in [1.82, 2.24) is 9.78 Å². The molecular weight excluding hydrogens is 210 g/mol. The highest BCUT2D eigenvalue weighted by Gasteiger charge is 2.27. The number of fused-ring (bicyclic) bond motifs is 1. The molecule has 1 unspecified atom stereocenters. The predicted octanol–water partition coefficient (Wildman–Crippen LogP) is 2.80. The van der Waals surface area contributed by atoms with Crippen LogP contribution in [0.3, 0.4) is 0 Å². The quantitative estimate of drug-likeness (QED) is 0.872. The molecule has 1 atom stereocenters. The van der Waals surface area contributed by atoms with Crippen molar-refractivity contribution in [3.05, 3.63) is 17.0 Å². The first-order valence-corrected chi connectivity index (χ1v) is 6.99. The number of hydrogen-bond acceptors (Lipinski definition) is 2. The van der Waals surface area contributed by atoms with Gasteiger partial charge in [0.2, 0.25) is 0 Å². The molecule has 96 valence electrons. The standard InChI is InChI=1S/C14H25N3/c1-4-12-14-11(8-9-15)6-5-7-13(14)17(16-12)10(2)3/h10-11H,4-9,15H2,1-3H3. The first-order valence-electron chi connectivity index (χ1n) is 6.99. The molecule has 0 saturated carbocycles. The highest BCUT2D eigenvalue weighted by molar-refractivity contribution is 5.33. The Morgan fingerprint density at radius 1 is 1.47 bits per heavy atom. The Balaban J connectivity index is 2.44. The first-order chi connectivity index (χ1) is 8.19. The van der Waals surface area contributed by atoms with Gasteiger partial charge >= 0.3 is 0 Å². The summed E-state index contributed by atoms with van der Waals surface area (Å²) in [5.41, 5.74) is 10.1. The second kappa shape index (κ2) is 5.21. The average Bonchev–Trinajstić information content (AvgIpc) is 2.69. The molecule has 0 aliphatic heterocycles. The summed E-state index contributed by atoms with van der Waals surface area (Å²) in [5, 5.41) is 4.82. The van der Waals surface area contributed by atoms with Crippen molar-refractivity contribution in [3.63, 3.8) is 0 Å². The van der Waals surface area contributed by atoms with E-state index in [1.54, 1.807) is 0 Å². The number of nitrogens with two attached hydrogens (primary N) is 1. The molecule has 1 aliphatic rings. The van der Waals surface area contributed by atoms with E-state index in [-0.39, 0.29) is 0 Å². The third-order valence-corrected chi connectivity index (χ3v) is 3.84. The minimum atomic E-state index is 0.473. The van der Waals surface area contributed by atoms with Crippen LogP contribution < -0.4 is 5.73 Å². The van der Waals surface area contributed by atoms with E-state index in [1.165, 1.54) is 36.2 Å². The molecule has 1 aliphatic carbocycles. The Kier molecular flexibility index (Phi) is 3.87. The van der Waals surface area contributed by atoms with E-state index < -0.39 is 0 Å². The monoisotopic (exact) mass is 235 g/mol. The SMILES string of the molecule is CCc1nn(C(C)C)c2c1C(CCN)CCC2. The van der Waals surface area contributed by atoms with Crippen molar-refractivity contribution in [3.8, 4) is 0 Å². The third-order valence-electron chi connectivity index (χ3n) is 3.84. The largest absolute Gasteiger partial charge is 0.330 e. The van der Waals surface area contributed by atoms with Crippen LogP contribution in [0.15, 0.2) is 0 Å². The molecular formula is C14H25N3. The lowest BCUT2D eigenvalue weighted by molar-refractivity contribution is 0.468. The van der Waals surface area contributed by atoms with Crippen LogP contribution in [-0.2, 0) is 12.8 Å². The van der Waals surface area contributed by atoms with Crippen LogP contribution in [0, 0.1) is 0 Å². The fourth-order valence-electron chi connectivity index (χ4n) is 3.09. The topological polar surface area (TPSA) is 43.8 Å². The summed E-state index contributed by atoms with van der Waals surface area (Å²) in [6, 6.07) is 0.473. The Morgan fingerprint density at radius 2 is 2.24 bits per heavy atom. The molecule has 2 N–H and O–H groups in total. The molecule has 1 aromatic heterocycles. The van der Waals surface area contributed by atoms with Gasteiger partial charge in [0.25, 0.3) is 0 Å². The summed E-state index contributed by atoms with van der Waals surface area (Å²) in [6.45, 7) is 7.44. The van der Waals surface area contributed by atoms with Gasteiger partial charge in [0.05, 0.1) is 5.69 Å².